The van der Waals surface area contributed by atoms with Gasteiger partial charge < -0.3 is 15.1 Å². The first-order chi connectivity index (χ1) is 11.1. The van der Waals surface area contributed by atoms with Crippen molar-refractivity contribution in [3.63, 3.8) is 0 Å². The minimum Gasteiger partial charge on any atom is -0.461 e. The molecule has 0 unspecified atom stereocenters. The number of rotatable bonds is 4. The van der Waals surface area contributed by atoms with Crippen LogP contribution in [0.1, 0.15) is 5.82 Å². The van der Waals surface area contributed by atoms with Gasteiger partial charge >= 0.3 is 6.03 Å². The summed E-state index contributed by atoms with van der Waals surface area (Å²) in [4.78, 5) is 15.8. The molecule has 23 heavy (non-hydrogen) atoms. The smallest absolute Gasteiger partial charge is 0.319 e. The van der Waals surface area contributed by atoms with Crippen LogP contribution >= 0.6 is 0 Å². The molecule has 0 aliphatic carbocycles. The highest BCUT2D eigenvalue weighted by Gasteiger charge is 2.10. The Morgan fingerprint density at radius 1 is 1.30 bits per heavy atom. The molecule has 0 aliphatic rings. The van der Waals surface area contributed by atoms with Crippen molar-refractivity contribution in [3.05, 3.63) is 54.1 Å². The number of amides is 2. The van der Waals surface area contributed by atoms with E-state index in [9.17, 15) is 13.6 Å². The zero-order valence-electron chi connectivity index (χ0n) is 11.6. The molecule has 2 amide bonds. The predicted octanol–water partition coefficient (Wildman–Crippen LogP) is 2.66. The molecule has 0 spiro atoms. The maximum Gasteiger partial charge on any atom is 0.319 e. The number of nitrogens with one attached hydrogen (secondary N) is 3. The van der Waals surface area contributed by atoms with Crippen LogP contribution in [0.25, 0.3) is 11.6 Å². The summed E-state index contributed by atoms with van der Waals surface area (Å²) < 4.78 is 31.3. The third kappa shape index (κ3) is 3.51. The van der Waals surface area contributed by atoms with Crippen LogP contribution in [0.5, 0.6) is 0 Å². The number of nitrogens with zero attached hydrogens (tertiary/aromatic N) is 2. The number of carbonyl (C=O) groups is 1. The Labute approximate surface area is 128 Å². The summed E-state index contributed by atoms with van der Waals surface area (Å²) in [6.07, 6.45) is 1.49. The monoisotopic (exact) mass is 319 g/mol. The lowest BCUT2D eigenvalue weighted by atomic mass is 10.3. The van der Waals surface area contributed by atoms with Gasteiger partial charge in [0, 0.05) is 6.07 Å². The zero-order valence-corrected chi connectivity index (χ0v) is 11.6. The Bertz CT molecular complexity index is 816. The van der Waals surface area contributed by atoms with E-state index in [2.05, 4.69) is 25.8 Å². The number of aromatic nitrogens is 3. The number of H-pyrrole nitrogens is 1. The molecule has 3 N–H and O–H groups in total. The molecule has 0 saturated carbocycles. The van der Waals surface area contributed by atoms with Crippen molar-refractivity contribution in [3.8, 4) is 11.6 Å². The molecule has 3 aromatic rings. The van der Waals surface area contributed by atoms with E-state index in [1.807, 2.05) is 0 Å². The summed E-state index contributed by atoms with van der Waals surface area (Å²) in [5.74, 6) is -0.339. The van der Waals surface area contributed by atoms with Gasteiger partial charge in [-0.1, -0.05) is 0 Å². The molecule has 7 nitrogen and oxygen atoms in total. The lowest BCUT2D eigenvalue weighted by Gasteiger charge is -2.07. The van der Waals surface area contributed by atoms with Gasteiger partial charge in [-0.2, -0.15) is 0 Å². The van der Waals surface area contributed by atoms with Gasteiger partial charge in [-0.3, -0.25) is 5.10 Å². The van der Waals surface area contributed by atoms with E-state index in [4.69, 9.17) is 4.42 Å². The summed E-state index contributed by atoms with van der Waals surface area (Å²) in [6.45, 7) is 0.0440. The average molecular weight is 319 g/mol. The van der Waals surface area contributed by atoms with E-state index in [0.29, 0.717) is 23.5 Å². The van der Waals surface area contributed by atoms with E-state index in [0.717, 1.165) is 12.1 Å². The van der Waals surface area contributed by atoms with Gasteiger partial charge in [-0.05, 0) is 24.3 Å². The fourth-order valence-electron chi connectivity index (χ4n) is 1.81. The summed E-state index contributed by atoms with van der Waals surface area (Å²) in [6, 6.07) is 5.60. The van der Waals surface area contributed by atoms with E-state index in [-0.39, 0.29) is 12.2 Å². The van der Waals surface area contributed by atoms with Gasteiger partial charge in [0.05, 0.1) is 18.5 Å². The fraction of sp³-hybridized carbons (Fsp3) is 0.0714. The summed E-state index contributed by atoms with van der Waals surface area (Å²) in [5.41, 5.74) is -0.127. The second-order valence-electron chi connectivity index (χ2n) is 4.51. The van der Waals surface area contributed by atoms with Crippen molar-refractivity contribution < 1.29 is 18.0 Å². The normalized spacial score (nSPS) is 10.5. The maximum atomic E-state index is 13.4. The van der Waals surface area contributed by atoms with Crippen LogP contribution in [-0.4, -0.2) is 21.2 Å². The summed E-state index contributed by atoms with van der Waals surface area (Å²) in [7, 11) is 0. The molecule has 1 aromatic carbocycles. The van der Waals surface area contributed by atoms with E-state index >= 15 is 0 Å². The van der Waals surface area contributed by atoms with Crippen LogP contribution in [0.2, 0.25) is 0 Å². The maximum absolute atomic E-state index is 13.4. The first-order valence-corrected chi connectivity index (χ1v) is 6.57. The predicted molar refractivity (Wildman–Crippen MR) is 76.3 cm³/mol. The van der Waals surface area contributed by atoms with Gasteiger partial charge in [-0.15, -0.1) is 5.10 Å². The molecule has 0 aliphatic heterocycles. The number of anilines is 1. The molecule has 2 heterocycles. The quantitative estimate of drug-likeness (QED) is 0.689. The van der Waals surface area contributed by atoms with Gasteiger partial charge in [-0.25, -0.2) is 18.6 Å². The van der Waals surface area contributed by atoms with Crippen LogP contribution in [0, 0.1) is 11.6 Å². The Balaban J connectivity index is 1.57. The second kappa shape index (κ2) is 6.26. The van der Waals surface area contributed by atoms with E-state index < -0.39 is 17.7 Å². The Hall–Kier alpha value is -3.23. The van der Waals surface area contributed by atoms with Gasteiger partial charge in [0.1, 0.15) is 17.5 Å². The Morgan fingerprint density at radius 3 is 2.91 bits per heavy atom. The molecule has 0 radical (unpaired) electrons. The number of hydrogen-bond acceptors (Lipinski definition) is 4. The van der Waals surface area contributed by atoms with Crippen LogP contribution in [-0.2, 0) is 6.54 Å². The number of benzene rings is 1. The van der Waals surface area contributed by atoms with Crippen LogP contribution in [0.3, 0.4) is 0 Å². The number of aromatic amines is 1. The van der Waals surface area contributed by atoms with Crippen molar-refractivity contribution in [1.29, 1.82) is 0 Å². The minimum atomic E-state index is -0.861. The lowest BCUT2D eigenvalue weighted by molar-refractivity contribution is 0.251. The molecule has 0 saturated heterocycles. The molecular weight excluding hydrogens is 308 g/mol. The standard InChI is InChI=1S/C14H11F2N5O2/c15-8-3-4-10(9(16)6-8)18-14(22)17-7-12-19-13(21-20-12)11-2-1-5-23-11/h1-6H,7H2,(H2,17,18,22)(H,19,20,21). The average Bonchev–Trinajstić information content (AvgIpc) is 3.18. The molecule has 3 rings (SSSR count). The topological polar surface area (TPSA) is 95.8 Å². The molecule has 0 bridgehead atoms. The molecule has 2 aromatic heterocycles. The largest absolute Gasteiger partial charge is 0.461 e. The van der Waals surface area contributed by atoms with Crippen molar-refractivity contribution >= 4 is 11.7 Å². The van der Waals surface area contributed by atoms with E-state index in [1.165, 1.54) is 6.26 Å². The highest BCUT2D eigenvalue weighted by Crippen LogP contribution is 2.15. The van der Waals surface area contributed by atoms with Crippen LogP contribution in [0.4, 0.5) is 19.3 Å². The number of hydrogen-bond donors (Lipinski definition) is 3. The van der Waals surface area contributed by atoms with E-state index in [1.54, 1.807) is 12.1 Å². The highest BCUT2D eigenvalue weighted by atomic mass is 19.1. The highest BCUT2D eigenvalue weighted by molar-refractivity contribution is 5.89. The van der Waals surface area contributed by atoms with Crippen molar-refractivity contribution in [1.82, 2.24) is 20.5 Å². The summed E-state index contributed by atoms with van der Waals surface area (Å²) >= 11 is 0. The molecular formula is C14H11F2N5O2. The lowest BCUT2D eigenvalue weighted by Crippen LogP contribution is -2.29. The molecule has 9 heteroatoms. The SMILES string of the molecule is O=C(NCc1nc(-c2ccco2)n[nH]1)Nc1ccc(F)cc1F. The van der Waals surface area contributed by atoms with Crippen LogP contribution in [0.15, 0.2) is 41.0 Å². The third-order valence-corrected chi connectivity index (χ3v) is 2.87. The van der Waals surface area contributed by atoms with Crippen LogP contribution < -0.4 is 10.6 Å². The Kier molecular flexibility index (Phi) is 4.00. The number of halogens is 2. The summed E-state index contributed by atoms with van der Waals surface area (Å²) in [5, 5.41) is 11.3. The van der Waals surface area contributed by atoms with Crippen molar-refractivity contribution in [2.45, 2.75) is 6.54 Å². The number of furan rings is 1. The number of carbonyl (C=O) groups excluding carboxylic acids is 1. The minimum absolute atomic E-state index is 0.0440. The molecule has 0 atom stereocenters. The van der Waals surface area contributed by atoms with Crippen molar-refractivity contribution in [2.75, 3.05) is 5.32 Å². The first-order valence-electron chi connectivity index (χ1n) is 6.57. The van der Waals surface area contributed by atoms with Gasteiger partial charge in [0.2, 0.25) is 5.82 Å². The molecule has 0 fully saturated rings. The number of urea groups is 1. The first kappa shape index (κ1) is 14.7. The Morgan fingerprint density at radius 2 is 2.17 bits per heavy atom. The second-order valence-corrected chi connectivity index (χ2v) is 4.51. The van der Waals surface area contributed by atoms with Gasteiger partial charge in [0.25, 0.3) is 0 Å². The zero-order chi connectivity index (χ0) is 16.2. The fourth-order valence-corrected chi connectivity index (χ4v) is 1.81. The third-order valence-electron chi connectivity index (χ3n) is 2.87. The van der Waals surface area contributed by atoms with Crippen molar-refractivity contribution in [2.24, 2.45) is 0 Å². The molecule has 118 valence electrons. The van der Waals surface area contributed by atoms with Gasteiger partial charge in [0.15, 0.2) is 5.76 Å².